The third-order valence-electron chi connectivity index (χ3n) is 3.73. The number of rotatable bonds is 9. The molecule has 2 amide bonds. The Kier molecular flexibility index (Phi) is 5.31. The number of likely N-dealkylation sites (N-methyl/N-ethyl adjacent to an activating group) is 1. The Morgan fingerprint density at radius 1 is 1.37 bits per heavy atom. The molecule has 1 fully saturated rings. The molecule has 110 valence electrons. The molecule has 0 bridgehead atoms. The average molecular weight is 270 g/mol. The zero-order chi connectivity index (χ0) is 14.6. The molecule has 1 saturated carbocycles. The first-order valence-corrected chi connectivity index (χ1v) is 6.82. The number of hydrogen-bond acceptors (Lipinski definition) is 4. The van der Waals surface area contributed by atoms with E-state index in [1.54, 1.807) is 7.05 Å². The number of primary amides is 2. The summed E-state index contributed by atoms with van der Waals surface area (Å²) in [5, 5.41) is 6.20. The average Bonchev–Trinajstić information content (AvgIpc) is 3.08. The SMILES string of the molecule is CNC(CC(C)CC(C)(NC1CC1)C(N)=O)C(N)=O. The first-order chi connectivity index (χ1) is 8.78. The maximum absolute atomic E-state index is 11.7. The second kappa shape index (κ2) is 6.34. The number of carbonyl (C=O) groups excluding carboxylic acids is 2. The fourth-order valence-electron chi connectivity index (χ4n) is 2.47. The van der Waals surface area contributed by atoms with Crippen LogP contribution in [0, 0.1) is 5.92 Å². The van der Waals surface area contributed by atoms with Crippen LogP contribution in [-0.2, 0) is 9.59 Å². The second-order valence-electron chi connectivity index (χ2n) is 5.90. The van der Waals surface area contributed by atoms with Gasteiger partial charge in [0.2, 0.25) is 11.8 Å². The molecule has 0 saturated heterocycles. The molecule has 1 aliphatic rings. The van der Waals surface area contributed by atoms with Gasteiger partial charge in [0.05, 0.1) is 11.6 Å². The topological polar surface area (TPSA) is 110 Å². The molecule has 0 radical (unpaired) electrons. The van der Waals surface area contributed by atoms with Gasteiger partial charge in [-0.15, -0.1) is 0 Å². The van der Waals surface area contributed by atoms with Gasteiger partial charge in [0.15, 0.2) is 0 Å². The summed E-state index contributed by atoms with van der Waals surface area (Å²) in [7, 11) is 1.71. The van der Waals surface area contributed by atoms with Crippen LogP contribution in [0.5, 0.6) is 0 Å². The molecular weight excluding hydrogens is 244 g/mol. The lowest BCUT2D eigenvalue weighted by molar-refractivity contribution is -0.124. The van der Waals surface area contributed by atoms with Crippen molar-refractivity contribution in [1.29, 1.82) is 0 Å². The van der Waals surface area contributed by atoms with Gasteiger partial charge in [-0.25, -0.2) is 0 Å². The van der Waals surface area contributed by atoms with Crippen LogP contribution in [0.25, 0.3) is 0 Å². The Hall–Kier alpha value is -1.14. The smallest absolute Gasteiger partial charge is 0.237 e. The van der Waals surface area contributed by atoms with E-state index in [4.69, 9.17) is 11.5 Å². The molecule has 6 N–H and O–H groups in total. The summed E-state index contributed by atoms with van der Waals surface area (Å²) in [4.78, 5) is 22.9. The minimum atomic E-state index is -0.712. The second-order valence-corrected chi connectivity index (χ2v) is 5.90. The van der Waals surface area contributed by atoms with Crippen molar-refractivity contribution in [3.8, 4) is 0 Å². The predicted molar refractivity (Wildman–Crippen MR) is 74.2 cm³/mol. The summed E-state index contributed by atoms with van der Waals surface area (Å²) in [5.74, 6) is -0.551. The molecule has 0 aromatic rings. The monoisotopic (exact) mass is 270 g/mol. The van der Waals surface area contributed by atoms with Crippen LogP contribution in [-0.4, -0.2) is 36.5 Å². The number of carbonyl (C=O) groups is 2. The van der Waals surface area contributed by atoms with Crippen molar-refractivity contribution in [3.63, 3.8) is 0 Å². The van der Waals surface area contributed by atoms with Crippen molar-refractivity contribution >= 4 is 11.8 Å². The first kappa shape index (κ1) is 15.9. The highest BCUT2D eigenvalue weighted by Crippen LogP contribution is 2.27. The Balaban J connectivity index is 2.57. The Labute approximate surface area is 114 Å². The maximum atomic E-state index is 11.7. The van der Waals surface area contributed by atoms with E-state index in [9.17, 15) is 9.59 Å². The zero-order valence-corrected chi connectivity index (χ0v) is 12.0. The first-order valence-electron chi connectivity index (χ1n) is 6.82. The van der Waals surface area contributed by atoms with Crippen molar-refractivity contribution < 1.29 is 9.59 Å². The third-order valence-corrected chi connectivity index (χ3v) is 3.73. The zero-order valence-electron chi connectivity index (χ0n) is 12.0. The Bertz CT molecular complexity index is 344. The van der Waals surface area contributed by atoms with E-state index in [2.05, 4.69) is 10.6 Å². The molecule has 19 heavy (non-hydrogen) atoms. The van der Waals surface area contributed by atoms with E-state index in [0.29, 0.717) is 18.9 Å². The van der Waals surface area contributed by atoms with Crippen LogP contribution in [0.15, 0.2) is 0 Å². The summed E-state index contributed by atoms with van der Waals surface area (Å²) in [6.45, 7) is 3.84. The molecule has 0 heterocycles. The fraction of sp³-hybridized carbons (Fsp3) is 0.846. The van der Waals surface area contributed by atoms with E-state index in [-0.39, 0.29) is 23.8 Å². The summed E-state index contributed by atoms with van der Waals surface area (Å²) in [6, 6.07) is 0.0361. The molecule has 1 aliphatic carbocycles. The molecule has 0 aromatic carbocycles. The summed E-state index contributed by atoms with van der Waals surface area (Å²) in [5.41, 5.74) is 10.1. The van der Waals surface area contributed by atoms with Crippen LogP contribution in [0.1, 0.15) is 39.5 Å². The third kappa shape index (κ3) is 4.80. The predicted octanol–water partition coefficient (Wildman–Crippen LogP) is -0.528. The molecule has 6 nitrogen and oxygen atoms in total. The summed E-state index contributed by atoms with van der Waals surface area (Å²) < 4.78 is 0. The van der Waals surface area contributed by atoms with E-state index in [0.717, 1.165) is 12.8 Å². The molecule has 0 aliphatic heterocycles. The minimum absolute atomic E-state index is 0.161. The van der Waals surface area contributed by atoms with Gasteiger partial charge in [0.1, 0.15) is 0 Å². The van der Waals surface area contributed by atoms with Gasteiger partial charge in [0, 0.05) is 6.04 Å². The lowest BCUT2D eigenvalue weighted by Gasteiger charge is -2.31. The van der Waals surface area contributed by atoms with Crippen molar-refractivity contribution in [2.75, 3.05) is 7.05 Å². The number of nitrogens with two attached hydrogens (primary N) is 2. The molecule has 3 atom stereocenters. The normalized spacial score (nSPS) is 21.4. The van der Waals surface area contributed by atoms with Gasteiger partial charge in [-0.2, -0.15) is 0 Å². The maximum Gasteiger partial charge on any atom is 0.237 e. The Morgan fingerprint density at radius 2 is 1.95 bits per heavy atom. The highest BCUT2D eigenvalue weighted by Gasteiger charge is 2.38. The number of hydrogen-bond donors (Lipinski definition) is 4. The highest BCUT2D eigenvalue weighted by molar-refractivity contribution is 5.84. The van der Waals surface area contributed by atoms with Crippen LogP contribution in [0.3, 0.4) is 0 Å². The number of amides is 2. The van der Waals surface area contributed by atoms with E-state index < -0.39 is 5.54 Å². The van der Waals surface area contributed by atoms with Crippen LogP contribution in [0.2, 0.25) is 0 Å². The minimum Gasteiger partial charge on any atom is -0.368 e. The fourth-order valence-corrected chi connectivity index (χ4v) is 2.47. The van der Waals surface area contributed by atoms with Crippen molar-refractivity contribution in [3.05, 3.63) is 0 Å². The summed E-state index contributed by atoms with van der Waals surface area (Å²) >= 11 is 0. The van der Waals surface area contributed by atoms with Gasteiger partial charge in [0.25, 0.3) is 0 Å². The van der Waals surface area contributed by atoms with Crippen LogP contribution < -0.4 is 22.1 Å². The lowest BCUT2D eigenvalue weighted by atomic mass is 9.85. The van der Waals surface area contributed by atoms with Crippen LogP contribution >= 0.6 is 0 Å². The van der Waals surface area contributed by atoms with Crippen molar-refractivity contribution in [2.45, 2.75) is 57.2 Å². The molecule has 0 spiro atoms. The van der Waals surface area contributed by atoms with Gasteiger partial charge in [-0.05, 0) is 45.6 Å². The van der Waals surface area contributed by atoms with E-state index >= 15 is 0 Å². The molecular formula is C13H26N4O2. The Morgan fingerprint density at radius 3 is 2.32 bits per heavy atom. The molecule has 1 rings (SSSR count). The van der Waals surface area contributed by atoms with E-state index in [1.807, 2.05) is 13.8 Å². The summed E-state index contributed by atoms with van der Waals surface area (Å²) in [6.07, 6.45) is 3.39. The quantitative estimate of drug-likeness (QED) is 0.451. The molecule has 0 aromatic heterocycles. The lowest BCUT2D eigenvalue weighted by Crippen LogP contribution is -2.55. The van der Waals surface area contributed by atoms with Crippen molar-refractivity contribution in [2.24, 2.45) is 17.4 Å². The van der Waals surface area contributed by atoms with E-state index in [1.165, 1.54) is 0 Å². The number of nitrogens with one attached hydrogen (secondary N) is 2. The van der Waals surface area contributed by atoms with Gasteiger partial charge in [-0.1, -0.05) is 6.92 Å². The van der Waals surface area contributed by atoms with Gasteiger partial charge >= 0.3 is 0 Å². The van der Waals surface area contributed by atoms with Crippen LogP contribution in [0.4, 0.5) is 0 Å². The van der Waals surface area contributed by atoms with Gasteiger partial charge < -0.3 is 22.1 Å². The molecule has 6 heteroatoms. The highest BCUT2D eigenvalue weighted by atomic mass is 16.2. The van der Waals surface area contributed by atoms with Gasteiger partial charge in [-0.3, -0.25) is 9.59 Å². The van der Waals surface area contributed by atoms with Crippen molar-refractivity contribution in [1.82, 2.24) is 10.6 Å². The standard InChI is InChI=1S/C13H26N4O2/c1-8(6-10(16-3)11(14)18)7-13(2,12(15)19)17-9-4-5-9/h8-10,16-17H,4-7H2,1-3H3,(H2,14,18)(H2,15,19). The largest absolute Gasteiger partial charge is 0.368 e. The molecule has 3 unspecified atom stereocenters.